The zero-order chi connectivity index (χ0) is 13.8. The highest BCUT2D eigenvalue weighted by molar-refractivity contribution is 7.16. The van der Waals surface area contributed by atoms with Crippen LogP contribution in [0.1, 0.15) is 13.8 Å². The molecule has 0 N–H and O–H groups in total. The van der Waals surface area contributed by atoms with Gasteiger partial charge in [0.2, 0.25) is 0 Å². The highest BCUT2D eigenvalue weighted by atomic mass is 32.1. The molecule has 1 aromatic carbocycles. The zero-order valence-corrected chi connectivity index (χ0v) is 11.7. The second-order valence-electron chi connectivity index (χ2n) is 3.90. The maximum atomic E-state index is 12.0. The number of fused-ring (bicyclic) bond motifs is 1. The van der Waals surface area contributed by atoms with Crippen LogP contribution in [0.5, 0.6) is 5.75 Å². The monoisotopic (exact) mass is 281 g/mol. The Morgan fingerprint density at radius 1 is 1.42 bits per heavy atom. The molecular weight excluding hydrogens is 266 g/mol. The Labute approximate surface area is 114 Å². The minimum Gasteiger partial charge on any atom is -0.492 e. The van der Waals surface area contributed by atoms with Crippen LogP contribution in [0.25, 0.3) is 10.2 Å². The standard InChI is InChI=1S/C13H15NO4S/c1-3-17-11-6-4-5-10-12(11)19-13(16)14(10)7-8-18-9(2)15/h4-6H,3,7-8H2,1-2H3. The molecule has 19 heavy (non-hydrogen) atoms. The molecule has 0 aliphatic heterocycles. The molecule has 2 aromatic rings. The third-order valence-corrected chi connectivity index (χ3v) is 3.59. The number of benzene rings is 1. The molecule has 1 aromatic heterocycles. The van der Waals surface area contributed by atoms with E-state index in [1.165, 1.54) is 6.92 Å². The largest absolute Gasteiger partial charge is 0.492 e. The first-order valence-corrected chi connectivity index (χ1v) is 6.83. The summed E-state index contributed by atoms with van der Waals surface area (Å²) in [5.74, 6) is 0.371. The van der Waals surface area contributed by atoms with Gasteiger partial charge in [0, 0.05) is 6.92 Å². The number of carbonyl (C=O) groups is 1. The maximum Gasteiger partial charge on any atom is 0.308 e. The quantitative estimate of drug-likeness (QED) is 0.787. The topological polar surface area (TPSA) is 57.5 Å². The van der Waals surface area contributed by atoms with E-state index in [0.717, 1.165) is 21.6 Å². The Kier molecular flexibility index (Phi) is 4.21. The number of nitrogens with zero attached hydrogens (tertiary/aromatic N) is 1. The summed E-state index contributed by atoms with van der Waals surface area (Å²) >= 11 is 1.15. The summed E-state index contributed by atoms with van der Waals surface area (Å²) in [6.45, 7) is 4.35. The van der Waals surface area contributed by atoms with Gasteiger partial charge in [0.25, 0.3) is 0 Å². The van der Waals surface area contributed by atoms with Gasteiger partial charge in [-0.1, -0.05) is 17.4 Å². The zero-order valence-electron chi connectivity index (χ0n) is 10.8. The molecule has 0 aliphatic rings. The second-order valence-corrected chi connectivity index (χ2v) is 4.86. The van der Waals surface area contributed by atoms with Crippen molar-refractivity contribution < 1.29 is 14.3 Å². The lowest BCUT2D eigenvalue weighted by molar-refractivity contribution is -0.141. The van der Waals surface area contributed by atoms with Gasteiger partial charge in [-0.25, -0.2) is 0 Å². The van der Waals surface area contributed by atoms with E-state index >= 15 is 0 Å². The van der Waals surface area contributed by atoms with Gasteiger partial charge in [0.15, 0.2) is 0 Å². The SMILES string of the molecule is CCOc1cccc2c1sc(=O)n2CCOC(C)=O. The molecule has 2 rings (SSSR count). The lowest BCUT2D eigenvalue weighted by Gasteiger charge is -2.06. The number of ether oxygens (including phenoxy) is 2. The molecule has 1 heterocycles. The number of hydrogen-bond donors (Lipinski definition) is 0. The van der Waals surface area contributed by atoms with Gasteiger partial charge < -0.3 is 9.47 Å². The lowest BCUT2D eigenvalue weighted by Crippen LogP contribution is -2.17. The molecule has 0 unspecified atom stereocenters. The molecule has 6 heteroatoms. The molecule has 0 saturated heterocycles. The molecule has 0 atom stereocenters. The van der Waals surface area contributed by atoms with E-state index in [1.807, 2.05) is 25.1 Å². The first-order valence-electron chi connectivity index (χ1n) is 6.02. The van der Waals surface area contributed by atoms with Crippen molar-refractivity contribution in [3.8, 4) is 5.75 Å². The summed E-state index contributed by atoms with van der Waals surface area (Å²) in [6.07, 6.45) is 0. The molecule has 5 nitrogen and oxygen atoms in total. The molecule has 0 radical (unpaired) electrons. The van der Waals surface area contributed by atoms with Crippen molar-refractivity contribution in [1.29, 1.82) is 0 Å². The molecule has 0 fully saturated rings. The van der Waals surface area contributed by atoms with E-state index in [1.54, 1.807) is 4.57 Å². The third kappa shape index (κ3) is 2.96. The number of carbonyl (C=O) groups excluding carboxylic acids is 1. The Hall–Kier alpha value is -1.82. The smallest absolute Gasteiger partial charge is 0.308 e. The average Bonchev–Trinajstić information content (AvgIpc) is 2.67. The van der Waals surface area contributed by atoms with Gasteiger partial charge in [-0.15, -0.1) is 0 Å². The summed E-state index contributed by atoms with van der Waals surface area (Å²) in [6, 6.07) is 5.56. The fourth-order valence-electron chi connectivity index (χ4n) is 1.82. The molecule has 0 aliphatic carbocycles. The van der Waals surface area contributed by atoms with Crippen molar-refractivity contribution in [2.24, 2.45) is 0 Å². The van der Waals surface area contributed by atoms with Crippen LogP contribution in [-0.2, 0) is 16.1 Å². The van der Waals surface area contributed by atoms with Crippen LogP contribution in [0, 0.1) is 0 Å². The van der Waals surface area contributed by atoms with Crippen LogP contribution in [-0.4, -0.2) is 23.8 Å². The minimum absolute atomic E-state index is 0.0747. The molecular formula is C13H15NO4S. The summed E-state index contributed by atoms with van der Waals surface area (Å²) in [5, 5.41) is 0. The van der Waals surface area contributed by atoms with Gasteiger partial charge in [0.05, 0.1) is 23.4 Å². The highest BCUT2D eigenvalue weighted by Crippen LogP contribution is 2.28. The van der Waals surface area contributed by atoms with E-state index < -0.39 is 0 Å². The molecule has 0 saturated carbocycles. The van der Waals surface area contributed by atoms with Gasteiger partial charge in [-0.05, 0) is 19.1 Å². The fourth-order valence-corrected chi connectivity index (χ4v) is 2.81. The van der Waals surface area contributed by atoms with Crippen LogP contribution in [0.2, 0.25) is 0 Å². The van der Waals surface area contributed by atoms with E-state index in [2.05, 4.69) is 0 Å². The van der Waals surface area contributed by atoms with E-state index in [9.17, 15) is 9.59 Å². The Balaban J connectivity index is 2.34. The first kappa shape index (κ1) is 13.6. The molecule has 0 spiro atoms. The number of esters is 1. The average molecular weight is 281 g/mol. The van der Waals surface area contributed by atoms with Crippen molar-refractivity contribution in [2.75, 3.05) is 13.2 Å². The fraction of sp³-hybridized carbons (Fsp3) is 0.385. The summed E-state index contributed by atoms with van der Waals surface area (Å²) < 4.78 is 12.8. The van der Waals surface area contributed by atoms with Crippen molar-refractivity contribution in [3.63, 3.8) is 0 Å². The number of hydrogen-bond acceptors (Lipinski definition) is 5. The predicted octanol–water partition coefficient (Wildman–Crippen LogP) is 2.02. The van der Waals surface area contributed by atoms with Gasteiger partial charge in [-0.3, -0.25) is 14.2 Å². The lowest BCUT2D eigenvalue weighted by atomic mass is 10.3. The normalized spacial score (nSPS) is 10.6. The van der Waals surface area contributed by atoms with Crippen molar-refractivity contribution in [1.82, 2.24) is 4.57 Å². The number of aromatic nitrogens is 1. The van der Waals surface area contributed by atoms with Crippen LogP contribution >= 0.6 is 11.3 Å². The number of rotatable bonds is 5. The number of thiazole rings is 1. The van der Waals surface area contributed by atoms with Crippen molar-refractivity contribution >= 4 is 27.5 Å². The second kappa shape index (κ2) is 5.88. The molecule has 102 valence electrons. The van der Waals surface area contributed by atoms with E-state index in [0.29, 0.717) is 18.9 Å². The van der Waals surface area contributed by atoms with E-state index in [4.69, 9.17) is 9.47 Å². The Bertz CT molecular complexity index is 644. The van der Waals surface area contributed by atoms with Gasteiger partial charge >= 0.3 is 10.8 Å². The van der Waals surface area contributed by atoms with Gasteiger partial charge in [-0.2, -0.15) is 0 Å². The third-order valence-electron chi connectivity index (χ3n) is 2.58. The Morgan fingerprint density at radius 3 is 2.89 bits per heavy atom. The maximum absolute atomic E-state index is 12.0. The highest BCUT2D eigenvalue weighted by Gasteiger charge is 2.11. The molecule has 0 bridgehead atoms. The van der Waals surface area contributed by atoms with Crippen molar-refractivity contribution in [2.45, 2.75) is 20.4 Å². The predicted molar refractivity (Wildman–Crippen MR) is 73.9 cm³/mol. The van der Waals surface area contributed by atoms with Crippen LogP contribution < -0.4 is 9.61 Å². The first-order chi connectivity index (χ1) is 9.13. The van der Waals surface area contributed by atoms with Crippen molar-refractivity contribution in [3.05, 3.63) is 27.9 Å². The van der Waals surface area contributed by atoms with Crippen LogP contribution in [0.15, 0.2) is 23.0 Å². The van der Waals surface area contributed by atoms with Crippen LogP contribution in [0.3, 0.4) is 0 Å². The summed E-state index contributed by atoms with van der Waals surface area (Å²) in [7, 11) is 0. The summed E-state index contributed by atoms with van der Waals surface area (Å²) in [4.78, 5) is 22.6. The Morgan fingerprint density at radius 2 is 2.21 bits per heavy atom. The van der Waals surface area contributed by atoms with Crippen LogP contribution in [0.4, 0.5) is 0 Å². The molecule has 0 amide bonds. The van der Waals surface area contributed by atoms with E-state index in [-0.39, 0.29) is 17.4 Å². The summed E-state index contributed by atoms with van der Waals surface area (Å²) in [5.41, 5.74) is 0.813. The minimum atomic E-state index is -0.345. The van der Waals surface area contributed by atoms with Gasteiger partial charge in [0.1, 0.15) is 12.4 Å².